The number of hydrogen-bond donors (Lipinski definition) is 1. The maximum atomic E-state index is 12.5. The summed E-state index contributed by atoms with van der Waals surface area (Å²) < 4.78 is 1.58. The number of carbonyl (C=O) groups is 1. The summed E-state index contributed by atoms with van der Waals surface area (Å²) in [6, 6.07) is 0. The van der Waals surface area contributed by atoms with Crippen molar-refractivity contribution in [1.29, 1.82) is 0 Å². The number of nitrogens with one attached hydrogen (secondary N) is 1. The summed E-state index contributed by atoms with van der Waals surface area (Å²) in [4.78, 5) is 12.5. The normalized spacial score (nSPS) is 14.6. The molecule has 0 aliphatic carbocycles. The lowest BCUT2D eigenvalue weighted by Gasteiger charge is -2.29. The minimum Gasteiger partial charge on any atom is -0.358 e. The second-order valence-electron chi connectivity index (χ2n) is 5.16. The summed E-state index contributed by atoms with van der Waals surface area (Å²) in [5.74, 6) is -0.135. The van der Waals surface area contributed by atoms with E-state index in [9.17, 15) is 4.79 Å². The summed E-state index contributed by atoms with van der Waals surface area (Å²) in [6.45, 7) is 7.42. The van der Waals surface area contributed by atoms with Crippen molar-refractivity contribution in [1.82, 2.24) is 25.1 Å². The molecule has 0 saturated carbocycles. The Hall–Kier alpha value is -1.86. The zero-order chi connectivity index (χ0) is 17.0. The van der Waals surface area contributed by atoms with Crippen LogP contribution >= 0.6 is 23.8 Å². The van der Waals surface area contributed by atoms with Gasteiger partial charge in [0.2, 0.25) is 0 Å². The molecule has 1 amide bonds. The minimum atomic E-state index is -0.135. The second-order valence-corrected chi connectivity index (χ2v) is 5.90. The molecule has 1 aliphatic rings. The van der Waals surface area contributed by atoms with Gasteiger partial charge in [-0.25, -0.2) is 5.01 Å². The SMILES string of the molecule is C=CCNC(=S)N1CCCN1C(=O)C=Cc1c(C)nn(C)c1Cl. The lowest BCUT2D eigenvalue weighted by Crippen LogP contribution is -2.48. The summed E-state index contributed by atoms with van der Waals surface area (Å²) in [7, 11) is 1.76. The predicted molar refractivity (Wildman–Crippen MR) is 95.8 cm³/mol. The molecule has 6 nitrogen and oxygen atoms in total. The lowest BCUT2D eigenvalue weighted by molar-refractivity contribution is -0.133. The van der Waals surface area contributed by atoms with Gasteiger partial charge in [-0.3, -0.25) is 14.5 Å². The minimum absolute atomic E-state index is 0.135. The van der Waals surface area contributed by atoms with Crippen molar-refractivity contribution in [3.05, 3.63) is 35.1 Å². The first-order valence-corrected chi connectivity index (χ1v) is 8.09. The van der Waals surface area contributed by atoms with Crippen LogP contribution in [-0.2, 0) is 11.8 Å². The molecule has 1 aromatic heterocycles. The lowest BCUT2D eigenvalue weighted by atomic mass is 10.2. The fraction of sp³-hybridized carbons (Fsp3) is 0.400. The van der Waals surface area contributed by atoms with E-state index in [0.29, 0.717) is 23.4 Å². The van der Waals surface area contributed by atoms with Crippen LogP contribution in [0, 0.1) is 6.92 Å². The molecule has 1 N–H and O–H groups in total. The maximum absolute atomic E-state index is 12.5. The van der Waals surface area contributed by atoms with Crippen LogP contribution in [-0.4, -0.2) is 50.5 Å². The fourth-order valence-corrected chi connectivity index (χ4v) is 2.89. The van der Waals surface area contributed by atoms with Crippen LogP contribution in [0.15, 0.2) is 18.7 Å². The van der Waals surface area contributed by atoms with Gasteiger partial charge in [0.25, 0.3) is 5.91 Å². The molecule has 2 heterocycles. The summed E-state index contributed by atoms with van der Waals surface area (Å²) in [5.41, 5.74) is 1.53. The highest BCUT2D eigenvalue weighted by molar-refractivity contribution is 7.80. The third-order valence-electron chi connectivity index (χ3n) is 3.51. The van der Waals surface area contributed by atoms with Gasteiger partial charge in [0, 0.05) is 38.3 Å². The van der Waals surface area contributed by atoms with Gasteiger partial charge in [0.1, 0.15) is 5.15 Å². The van der Waals surface area contributed by atoms with Crippen LogP contribution in [0.25, 0.3) is 6.08 Å². The molecular weight excluding hydrogens is 334 g/mol. The summed E-state index contributed by atoms with van der Waals surface area (Å²) >= 11 is 11.5. The first-order valence-electron chi connectivity index (χ1n) is 7.30. The Morgan fingerprint density at radius 3 is 2.78 bits per heavy atom. The van der Waals surface area contributed by atoms with Gasteiger partial charge in [-0.2, -0.15) is 5.10 Å². The Morgan fingerprint density at radius 2 is 2.17 bits per heavy atom. The zero-order valence-electron chi connectivity index (χ0n) is 13.3. The average molecular weight is 354 g/mol. The van der Waals surface area contributed by atoms with Crippen LogP contribution in [0.3, 0.4) is 0 Å². The molecule has 8 heteroatoms. The molecule has 0 radical (unpaired) electrons. The van der Waals surface area contributed by atoms with E-state index in [4.69, 9.17) is 23.8 Å². The standard InChI is InChI=1S/C15H20ClN5OS/c1-4-8-17-15(23)21-10-5-9-20(21)13(22)7-6-12-11(2)18-19(3)14(12)16/h4,6-7H,1,5,8-10H2,2-3H3,(H,17,23). The van der Waals surface area contributed by atoms with Crippen molar-refractivity contribution in [2.45, 2.75) is 13.3 Å². The number of thiocarbonyl (C=S) groups is 1. The maximum Gasteiger partial charge on any atom is 0.265 e. The number of nitrogens with zero attached hydrogens (tertiary/aromatic N) is 4. The Kier molecular flexibility index (Phi) is 5.79. The molecule has 1 saturated heterocycles. The highest BCUT2D eigenvalue weighted by Gasteiger charge is 2.27. The number of aryl methyl sites for hydroxylation is 2. The third kappa shape index (κ3) is 3.92. The second kappa shape index (κ2) is 7.61. The summed E-state index contributed by atoms with van der Waals surface area (Å²) in [5, 5.41) is 11.7. The van der Waals surface area contributed by atoms with E-state index in [-0.39, 0.29) is 5.91 Å². The van der Waals surface area contributed by atoms with Crippen LogP contribution in [0.4, 0.5) is 0 Å². The number of hydrazine groups is 1. The third-order valence-corrected chi connectivity index (χ3v) is 4.31. The van der Waals surface area contributed by atoms with Crippen LogP contribution in [0.2, 0.25) is 5.15 Å². The van der Waals surface area contributed by atoms with E-state index in [2.05, 4.69) is 17.0 Å². The monoisotopic (exact) mass is 353 g/mol. The average Bonchev–Trinajstić information content (AvgIpc) is 3.09. The Bertz CT molecular complexity index is 655. The van der Waals surface area contributed by atoms with Crippen LogP contribution in [0.5, 0.6) is 0 Å². The smallest absolute Gasteiger partial charge is 0.265 e. The molecule has 0 spiro atoms. The molecule has 1 aromatic rings. The molecule has 1 fully saturated rings. The van der Waals surface area contributed by atoms with Crippen molar-refractivity contribution in [2.24, 2.45) is 7.05 Å². The largest absolute Gasteiger partial charge is 0.358 e. The fourth-order valence-electron chi connectivity index (χ4n) is 2.38. The van der Waals surface area contributed by atoms with Crippen molar-refractivity contribution >= 4 is 40.9 Å². The molecular formula is C15H20ClN5OS. The Labute approximate surface area is 146 Å². The predicted octanol–water partition coefficient (Wildman–Crippen LogP) is 1.90. The van der Waals surface area contributed by atoms with E-state index < -0.39 is 0 Å². The van der Waals surface area contributed by atoms with Crippen LogP contribution < -0.4 is 5.32 Å². The van der Waals surface area contributed by atoms with Gasteiger partial charge in [-0.1, -0.05) is 17.7 Å². The van der Waals surface area contributed by atoms with Gasteiger partial charge in [-0.05, 0) is 31.6 Å². The van der Waals surface area contributed by atoms with E-state index in [0.717, 1.165) is 24.2 Å². The number of hydrogen-bond acceptors (Lipinski definition) is 3. The van der Waals surface area contributed by atoms with Crippen molar-refractivity contribution < 1.29 is 4.79 Å². The number of carbonyl (C=O) groups excluding carboxylic acids is 1. The van der Waals surface area contributed by atoms with E-state index >= 15 is 0 Å². The van der Waals surface area contributed by atoms with Gasteiger partial charge in [0.05, 0.1) is 5.69 Å². The number of rotatable bonds is 4. The molecule has 23 heavy (non-hydrogen) atoms. The Balaban J connectivity index is 2.08. The molecule has 0 atom stereocenters. The highest BCUT2D eigenvalue weighted by atomic mass is 35.5. The number of aromatic nitrogens is 2. The Morgan fingerprint density at radius 1 is 1.48 bits per heavy atom. The van der Waals surface area contributed by atoms with Gasteiger partial charge in [-0.15, -0.1) is 6.58 Å². The molecule has 1 aliphatic heterocycles. The van der Waals surface area contributed by atoms with Gasteiger partial charge < -0.3 is 5.32 Å². The quantitative estimate of drug-likeness (QED) is 0.509. The van der Waals surface area contributed by atoms with Crippen molar-refractivity contribution in [3.63, 3.8) is 0 Å². The number of amides is 1. The van der Waals surface area contributed by atoms with E-state index in [1.807, 2.05) is 6.92 Å². The molecule has 0 unspecified atom stereocenters. The first-order chi connectivity index (χ1) is 11.0. The number of halogens is 1. The first kappa shape index (κ1) is 17.5. The molecule has 2 rings (SSSR count). The molecule has 0 bridgehead atoms. The van der Waals surface area contributed by atoms with Crippen molar-refractivity contribution in [2.75, 3.05) is 19.6 Å². The molecule has 124 valence electrons. The zero-order valence-corrected chi connectivity index (χ0v) is 14.8. The van der Waals surface area contributed by atoms with Crippen molar-refractivity contribution in [3.8, 4) is 0 Å². The van der Waals surface area contributed by atoms with Gasteiger partial charge >= 0.3 is 0 Å². The van der Waals surface area contributed by atoms with E-state index in [1.165, 1.54) is 6.08 Å². The van der Waals surface area contributed by atoms with Crippen LogP contribution in [0.1, 0.15) is 17.7 Å². The van der Waals surface area contributed by atoms with Gasteiger partial charge in [0.15, 0.2) is 5.11 Å². The molecule has 0 aromatic carbocycles. The summed E-state index contributed by atoms with van der Waals surface area (Å²) in [6.07, 6.45) is 5.80. The van der Waals surface area contributed by atoms with E-state index in [1.54, 1.807) is 33.9 Å². The topological polar surface area (TPSA) is 53.4 Å². The highest BCUT2D eigenvalue weighted by Crippen LogP contribution is 2.20.